The first-order chi connectivity index (χ1) is 14.6. The Balaban J connectivity index is 1.74. The van der Waals surface area contributed by atoms with Gasteiger partial charge in [-0.25, -0.2) is 14.6 Å². The molecule has 150 valence electrons. The van der Waals surface area contributed by atoms with Crippen LogP contribution in [-0.4, -0.2) is 32.6 Å². The van der Waals surface area contributed by atoms with E-state index in [1.807, 2.05) is 41.1 Å². The van der Waals surface area contributed by atoms with Gasteiger partial charge in [0.05, 0.1) is 16.3 Å². The number of nitrogens with zero attached hydrogens (tertiary/aromatic N) is 4. The molecule has 0 saturated heterocycles. The molecule has 9 heteroatoms. The Morgan fingerprint density at radius 1 is 1.27 bits per heavy atom. The van der Waals surface area contributed by atoms with Crippen LogP contribution < -0.4 is 10.5 Å². The highest BCUT2D eigenvalue weighted by Gasteiger charge is 2.28. The Morgan fingerprint density at radius 2 is 2.10 bits per heavy atom. The number of aromatic nitrogens is 4. The van der Waals surface area contributed by atoms with Crippen LogP contribution in [0.3, 0.4) is 0 Å². The quantitative estimate of drug-likeness (QED) is 0.312. The summed E-state index contributed by atoms with van der Waals surface area (Å²) in [7, 11) is 0. The lowest BCUT2D eigenvalue weighted by atomic mass is 9.92. The van der Waals surface area contributed by atoms with E-state index >= 15 is 0 Å². The molecule has 4 aromatic rings. The molecular weight excluding hydrogens is 513 g/mol. The normalized spacial score (nSPS) is 14.5. The molecule has 1 atom stereocenters. The van der Waals surface area contributed by atoms with Crippen molar-refractivity contribution in [3.8, 4) is 5.75 Å². The van der Waals surface area contributed by atoms with E-state index < -0.39 is 0 Å². The van der Waals surface area contributed by atoms with E-state index in [1.54, 1.807) is 0 Å². The number of halogens is 1. The van der Waals surface area contributed by atoms with Crippen LogP contribution in [0.1, 0.15) is 33.1 Å². The first-order valence-electron chi connectivity index (χ1n) is 9.23. The summed E-state index contributed by atoms with van der Waals surface area (Å²) < 4.78 is 8.71. The average Bonchev–Trinajstić information content (AvgIpc) is 3.37. The number of ether oxygens (including phenoxy) is 1. The van der Waals surface area contributed by atoms with Crippen molar-refractivity contribution < 1.29 is 9.53 Å². The molecule has 30 heavy (non-hydrogen) atoms. The standard InChI is InChI=1S/C21H16IN5O2S/c1-11(27-21-18(19(22)26-27)20(23)24-10-25-21)14-9-29-15-5-3-2-4-13(15)17(14)16-7-6-12(8-28)30-16/h2-8,10-11H,9H2,1H3,(H2,23,24,25). The molecule has 2 N–H and O–H groups in total. The zero-order valence-electron chi connectivity index (χ0n) is 15.9. The molecule has 0 amide bonds. The molecule has 1 aliphatic heterocycles. The zero-order chi connectivity index (χ0) is 20.8. The van der Waals surface area contributed by atoms with E-state index in [-0.39, 0.29) is 6.04 Å². The van der Waals surface area contributed by atoms with Gasteiger partial charge in [0.15, 0.2) is 11.9 Å². The molecule has 5 rings (SSSR count). The van der Waals surface area contributed by atoms with Crippen LogP contribution >= 0.6 is 33.9 Å². The summed E-state index contributed by atoms with van der Waals surface area (Å²) in [5.41, 5.74) is 9.89. The van der Waals surface area contributed by atoms with Gasteiger partial charge in [0.25, 0.3) is 0 Å². The minimum atomic E-state index is -0.143. The monoisotopic (exact) mass is 529 g/mol. The highest BCUT2D eigenvalue weighted by atomic mass is 127. The Labute approximate surface area is 189 Å². The third-order valence-electron chi connectivity index (χ3n) is 5.20. The van der Waals surface area contributed by atoms with E-state index in [2.05, 4.69) is 39.5 Å². The van der Waals surface area contributed by atoms with E-state index in [1.165, 1.54) is 17.7 Å². The highest BCUT2D eigenvalue weighted by Crippen LogP contribution is 2.43. The summed E-state index contributed by atoms with van der Waals surface area (Å²) in [5.74, 6) is 1.24. The number of rotatable bonds is 4. The van der Waals surface area contributed by atoms with Gasteiger partial charge in [-0.3, -0.25) is 4.79 Å². The van der Waals surface area contributed by atoms with Crippen LogP contribution in [0.25, 0.3) is 16.6 Å². The van der Waals surface area contributed by atoms with E-state index in [4.69, 9.17) is 15.6 Å². The Morgan fingerprint density at radius 3 is 2.90 bits per heavy atom. The Hall–Kier alpha value is -2.79. The third kappa shape index (κ3) is 3.00. The smallest absolute Gasteiger partial charge is 0.165 e. The fourth-order valence-corrected chi connectivity index (χ4v) is 5.41. The van der Waals surface area contributed by atoms with Crippen LogP contribution in [-0.2, 0) is 0 Å². The highest BCUT2D eigenvalue weighted by molar-refractivity contribution is 14.1. The molecule has 0 fully saturated rings. The lowest BCUT2D eigenvalue weighted by Gasteiger charge is -2.27. The Kier molecular flexibility index (Phi) is 4.78. The number of para-hydroxylation sites is 1. The van der Waals surface area contributed by atoms with Crippen molar-refractivity contribution in [2.45, 2.75) is 13.0 Å². The Bertz CT molecular complexity index is 1330. The number of hydrogen-bond acceptors (Lipinski definition) is 7. The van der Waals surface area contributed by atoms with Gasteiger partial charge >= 0.3 is 0 Å². The second-order valence-corrected chi connectivity index (χ2v) is 9.01. The van der Waals surface area contributed by atoms with Crippen LogP contribution in [0.5, 0.6) is 5.75 Å². The summed E-state index contributed by atoms with van der Waals surface area (Å²) in [6, 6.07) is 11.6. The largest absolute Gasteiger partial charge is 0.488 e. The summed E-state index contributed by atoms with van der Waals surface area (Å²) in [4.78, 5) is 21.5. The number of hydrogen-bond donors (Lipinski definition) is 1. The van der Waals surface area contributed by atoms with Gasteiger partial charge in [0, 0.05) is 21.6 Å². The molecule has 7 nitrogen and oxygen atoms in total. The number of nitrogens with two attached hydrogens (primary N) is 1. The summed E-state index contributed by atoms with van der Waals surface area (Å²) in [5, 5.41) is 5.46. The van der Waals surface area contributed by atoms with E-state index in [0.29, 0.717) is 22.9 Å². The van der Waals surface area contributed by atoms with Crippen LogP contribution in [0.15, 0.2) is 48.3 Å². The second-order valence-electron chi connectivity index (χ2n) is 6.87. The van der Waals surface area contributed by atoms with Crippen molar-refractivity contribution in [1.82, 2.24) is 19.7 Å². The molecule has 3 aromatic heterocycles. The summed E-state index contributed by atoms with van der Waals surface area (Å²) in [6.07, 6.45) is 2.34. The topological polar surface area (TPSA) is 95.9 Å². The maximum atomic E-state index is 11.3. The van der Waals surface area contributed by atoms with Gasteiger partial charge in [-0.05, 0) is 47.7 Å². The molecule has 0 bridgehead atoms. The molecule has 0 spiro atoms. The lowest BCUT2D eigenvalue weighted by molar-refractivity contribution is 0.112. The van der Waals surface area contributed by atoms with Gasteiger partial charge in [0.1, 0.15) is 28.2 Å². The SMILES string of the molecule is CC(C1=C(c2ccc(C=O)s2)c2ccccc2OC1)n1nc(I)c2c(N)ncnc21. The number of benzene rings is 1. The van der Waals surface area contributed by atoms with Crippen molar-refractivity contribution in [1.29, 1.82) is 0 Å². The molecule has 0 saturated carbocycles. The molecule has 1 unspecified atom stereocenters. The van der Waals surface area contributed by atoms with E-state index in [0.717, 1.165) is 42.7 Å². The number of anilines is 1. The molecular formula is C21H16IN5O2S. The molecule has 0 radical (unpaired) electrons. The van der Waals surface area contributed by atoms with E-state index in [9.17, 15) is 4.79 Å². The average molecular weight is 529 g/mol. The second kappa shape index (κ2) is 7.47. The van der Waals surface area contributed by atoms with Crippen molar-refractivity contribution >= 4 is 62.6 Å². The van der Waals surface area contributed by atoms with Gasteiger partial charge < -0.3 is 10.5 Å². The molecule has 1 aliphatic rings. The number of carbonyl (C=O) groups excluding carboxylic acids is 1. The number of fused-ring (bicyclic) bond motifs is 2. The number of thiophene rings is 1. The first-order valence-corrected chi connectivity index (χ1v) is 11.1. The van der Waals surface area contributed by atoms with Gasteiger partial charge in [0.2, 0.25) is 0 Å². The molecule has 1 aromatic carbocycles. The number of nitrogen functional groups attached to an aromatic ring is 1. The molecule has 0 aliphatic carbocycles. The number of aldehydes is 1. The van der Waals surface area contributed by atoms with Gasteiger partial charge in [-0.15, -0.1) is 11.3 Å². The van der Waals surface area contributed by atoms with Crippen molar-refractivity contribution in [3.63, 3.8) is 0 Å². The first kappa shape index (κ1) is 19.2. The molecule has 4 heterocycles. The summed E-state index contributed by atoms with van der Waals surface area (Å²) in [6.45, 7) is 2.49. The lowest BCUT2D eigenvalue weighted by Crippen LogP contribution is -2.20. The summed E-state index contributed by atoms with van der Waals surface area (Å²) >= 11 is 3.63. The minimum Gasteiger partial charge on any atom is -0.488 e. The zero-order valence-corrected chi connectivity index (χ0v) is 18.8. The van der Waals surface area contributed by atoms with Crippen LogP contribution in [0.2, 0.25) is 0 Å². The van der Waals surface area contributed by atoms with Crippen LogP contribution in [0, 0.1) is 3.70 Å². The maximum absolute atomic E-state index is 11.3. The fraction of sp³-hybridized carbons (Fsp3) is 0.143. The number of carbonyl (C=O) groups is 1. The van der Waals surface area contributed by atoms with Crippen molar-refractivity contribution in [2.75, 3.05) is 12.3 Å². The van der Waals surface area contributed by atoms with Crippen molar-refractivity contribution in [2.24, 2.45) is 0 Å². The third-order valence-corrected chi connectivity index (χ3v) is 6.98. The predicted molar refractivity (Wildman–Crippen MR) is 125 cm³/mol. The van der Waals surface area contributed by atoms with Crippen LogP contribution in [0.4, 0.5) is 5.82 Å². The maximum Gasteiger partial charge on any atom is 0.165 e. The van der Waals surface area contributed by atoms with Crippen molar-refractivity contribution in [3.05, 3.63) is 67.3 Å². The minimum absolute atomic E-state index is 0.143. The van der Waals surface area contributed by atoms with Gasteiger partial charge in [-0.2, -0.15) is 5.10 Å². The predicted octanol–water partition coefficient (Wildman–Crippen LogP) is 4.34. The van der Waals surface area contributed by atoms with Gasteiger partial charge in [-0.1, -0.05) is 18.2 Å². The fourth-order valence-electron chi connectivity index (χ4n) is 3.74.